The van der Waals surface area contributed by atoms with Gasteiger partial charge in [0.2, 0.25) is 0 Å². The monoisotopic (exact) mass is 291 g/mol. The van der Waals surface area contributed by atoms with Crippen LogP contribution in [0.2, 0.25) is 0 Å². The van der Waals surface area contributed by atoms with E-state index in [4.69, 9.17) is 5.26 Å². The molecule has 1 heterocycles. The number of aromatic nitrogens is 3. The fourth-order valence-corrected chi connectivity index (χ4v) is 1.91. The average Bonchev–Trinajstić information content (AvgIpc) is 2.82. The van der Waals surface area contributed by atoms with Gasteiger partial charge in [0.05, 0.1) is 11.3 Å². The normalized spacial score (nSPS) is 9.88. The molecule has 0 spiro atoms. The van der Waals surface area contributed by atoms with E-state index in [9.17, 15) is 0 Å². The SMILES string of the molecule is N#Cc1c(Br)cccc1NCCc1ncn[nH]1. The minimum absolute atomic E-state index is 0.616. The van der Waals surface area contributed by atoms with Crippen LogP contribution >= 0.6 is 15.9 Å². The molecule has 5 nitrogen and oxygen atoms in total. The minimum atomic E-state index is 0.616. The Kier molecular flexibility index (Phi) is 3.73. The van der Waals surface area contributed by atoms with Crippen molar-refractivity contribution in [2.24, 2.45) is 0 Å². The first kappa shape index (κ1) is 11.6. The van der Waals surface area contributed by atoms with E-state index in [0.717, 1.165) is 22.4 Å². The fraction of sp³-hybridized carbons (Fsp3) is 0.182. The molecule has 86 valence electrons. The van der Waals surface area contributed by atoms with Crippen molar-refractivity contribution in [3.8, 4) is 6.07 Å². The predicted octanol–water partition coefficient (Wildman–Crippen LogP) is 2.09. The predicted molar refractivity (Wildman–Crippen MR) is 67.4 cm³/mol. The lowest BCUT2D eigenvalue weighted by Crippen LogP contribution is -2.07. The maximum Gasteiger partial charge on any atom is 0.137 e. The zero-order valence-electron chi connectivity index (χ0n) is 8.94. The maximum atomic E-state index is 9.03. The lowest BCUT2D eigenvalue weighted by molar-refractivity contribution is 0.901. The molecule has 1 aromatic heterocycles. The minimum Gasteiger partial charge on any atom is -0.383 e. The summed E-state index contributed by atoms with van der Waals surface area (Å²) in [6, 6.07) is 7.78. The number of rotatable bonds is 4. The number of nitrogens with one attached hydrogen (secondary N) is 2. The van der Waals surface area contributed by atoms with Crippen LogP contribution in [0.1, 0.15) is 11.4 Å². The summed E-state index contributed by atoms with van der Waals surface area (Å²) in [6.45, 7) is 0.695. The molecule has 0 atom stereocenters. The number of nitriles is 1. The molecule has 0 saturated heterocycles. The molecule has 2 N–H and O–H groups in total. The molecule has 17 heavy (non-hydrogen) atoms. The van der Waals surface area contributed by atoms with Gasteiger partial charge in [0.1, 0.15) is 18.2 Å². The van der Waals surface area contributed by atoms with Crippen LogP contribution in [-0.2, 0) is 6.42 Å². The summed E-state index contributed by atoms with van der Waals surface area (Å²) in [5.74, 6) is 0.825. The van der Waals surface area contributed by atoms with Crippen LogP contribution in [0.25, 0.3) is 0 Å². The molecule has 0 aliphatic heterocycles. The maximum absolute atomic E-state index is 9.03. The molecular formula is C11H10BrN5. The molecule has 0 amide bonds. The Hall–Kier alpha value is -1.87. The largest absolute Gasteiger partial charge is 0.383 e. The molecule has 6 heteroatoms. The molecule has 2 rings (SSSR count). The highest BCUT2D eigenvalue weighted by atomic mass is 79.9. The number of benzene rings is 1. The smallest absolute Gasteiger partial charge is 0.137 e. The van der Waals surface area contributed by atoms with Crippen LogP contribution in [0.5, 0.6) is 0 Å². The van der Waals surface area contributed by atoms with E-state index >= 15 is 0 Å². The van der Waals surface area contributed by atoms with E-state index in [1.54, 1.807) is 0 Å². The van der Waals surface area contributed by atoms with Crippen molar-refractivity contribution >= 4 is 21.6 Å². The first-order valence-corrected chi connectivity index (χ1v) is 5.87. The van der Waals surface area contributed by atoms with Crippen LogP contribution in [0.15, 0.2) is 29.0 Å². The Labute approximate surface area is 107 Å². The molecule has 2 aromatic rings. The molecular weight excluding hydrogens is 282 g/mol. The van der Waals surface area contributed by atoms with Crippen molar-refractivity contribution in [1.82, 2.24) is 15.2 Å². The van der Waals surface area contributed by atoms with E-state index in [2.05, 4.69) is 42.5 Å². The molecule has 0 fully saturated rings. The standard InChI is InChI=1S/C11H10BrN5/c12-9-2-1-3-10(8(9)6-13)14-5-4-11-15-7-16-17-11/h1-3,7,14H,4-5H2,(H,15,16,17). The Morgan fingerprint density at radius 3 is 3.06 bits per heavy atom. The number of hydrogen-bond donors (Lipinski definition) is 2. The van der Waals surface area contributed by atoms with Gasteiger partial charge in [-0.25, -0.2) is 4.98 Å². The van der Waals surface area contributed by atoms with Gasteiger partial charge >= 0.3 is 0 Å². The third-order valence-corrected chi connectivity index (χ3v) is 2.93. The second-order valence-corrected chi connectivity index (χ2v) is 4.24. The molecule has 0 bridgehead atoms. The summed E-state index contributed by atoms with van der Waals surface area (Å²) in [4.78, 5) is 4.03. The highest BCUT2D eigenvalue weighted by Crippen LogP contribution is 2.23. The lowest BCUT2D eigenvalue weighted by Gasteiger charge is -2.07. The summed E-state index contributed by atoms with van der Waals surface area (Å²) in [7, 11) is 0. The van der Waals surface area contributed by atoms with Gasteiger partial charge in [-0.05, 0) is 28.1 Å². The van der Waals surface area contributed by atoms with Crippen LogP contribution in [-0.4, -0.2) is 21.7 Å². The summed E-state index contributed by atoms with van der Waals surface area (Å²) < 4.78 is 0.796. The molecule has 0 saturated carbocycles. The summed E-state index contributed by atoms with van der Waals surface area (Å²) in [6.07, 6.45) is 2.21. The first-order chi connectivity index (χ1) is 8.31. The average molecular weight is 292 g/mol. The van der Waals surface area contributed by atoms with Gasteiger partial charge in [-0.3, -0.25) is 5.10 Å². The number of hydrogen-bond acceptors (Lipinski definition) is 4. The van der Waals surface area contributed by atoms with Crippen molar-refractivity contribution in [2.75, 3.05) is 11.9 Å². The number of H-pyrrole nitrogens is 1. The highest BCUT2D eigenvalue weighted by Gasteiger charge is 2.05. The first-order valence-electron chi connectivity index (χ1n) is 5.08. The van der Waals surface area contributed by atoms with Crippen LogP contribution < -0.4 is 5.32 Å². The summed E-state index contributed by atoms with van der Waals surface area (Å²) in [5.41, 5.74) is 1.44. The van der Waals surface area contributed by atoms with E-state index in [1.165, 1.54) is 6.33 Å². The third-order valence-electron chi connectivity index (χ3n) is 2.27. The second-order valence-electron chi connectivity index (χ2n) is 3.38. The molecule has 1 aromatic carbocycles. The fourth-order valence-electron chi connectivity index (χ4n) is 1.45. The molecule has 0 aliphatic carbocycles. The zero-order chi connectivity index (χ0) is 12.1. The van der Waals surface area contributed by atoms with Gasteiger partial charge in [0.15, 0.2) is 0 Å². The molecule has 0 aliphatic rings. The van der Waals surface area contributed by atoms with E-state index in [0.29, 0.717) is 12.1 Å². The number of anilines is 1. The van der Waals surface area contributed by atoms with Crippen LogP contribution in [0.3, 0.4) is 0 Å². The van der Waals surface area contributed by atoms with Crippen LogP contribution in [0.4, 0.5) is 5.69 Å². The Bertz CT molecular complexity index is 529. The number of aromatic amines is 1. The Morgan fingerprint density at radius 2 is 2.35 bits per heavy atom. The van der Waals surface area contributed by atoms with E-state index in [-0.39, 0.29) is 0 Å². The molecule has 0 radical (unpaired) electrons. The van der Waals surface area contributed by atoms with Gasteiger partial charge in [-0.15, -0.1) is 0 Å². The quantitative estimate of drug-likeness (QED) is 0.904. The van der Waals surface area contributed by atoms with E-state index in [1.807, 2.05) is 18.2 Å². The summed E-state index contributed by atoms with van der Waals surface area (Å²) >= 11 is 3.35. The van der Waals surface area contributed by atoms with Gasteiger partial charge in [-0.1, -0.05) is 6.07 Å². The lowest BCUT2D eigenvalue weighted by atomic mass is 10.2. The Balaban J connectivity index is 2.00. The third kappa shape index (κ3) is 2.82. The van der Waals surface area contributed by atoms with Gasteiger partial charge in [0, 0.05) is 17.4 Å². The topological polar surface area (TPSA) is 77.4 Å². The molecule has 0 unspecified atom stereocenters. The van der Waals surface area contributed by atoms with Crippen LogP contribution in [0, 0.1) is 11.3 Å². The van der Waals surface area contributed by atoms with Crippen molar-refractivity contribution in [1.29, 1.82) is 5.26 Å². The van der Waals surface area contributed by atoms with Gasteiger partial charge in [0.25, 0.3) is 0 Å². The van der Waals surface area contributed by atoms with Gasteiger partial charge in [-0.2, -0.15) is 10.4 Å². The Morgan fingerprint density at radius 1 is 1.47 bits per heavy atom. The van der Waals surface area contributed by atoms with Crippen molar-refractivity contribution in [3.63, 3.8) is 0 Å². The van der Waals surface area contributed by atoms with Crippen molar-refractivity contribution in [2.45, 2.75) is 6.42 Å². The second kappa shape index (κ2) is 5.46. The van der Waals surface area contributed by atoms with Crippen molar-refractivity contribution < 1.29 is 0 Å². The summed E-state index contributed by atoms with van der Waals surface area (Å²) in [5, 5.41) is 18.8. The highest BCUT2D eigenvalue weighted by molar-refractivity contribution is 9.10. The van der Waals surface area contributed by atoms with Gasteiger partial charge < -0.3 is 5.32 Å². The number of nitrogens with zero attached hydrogens (tertiary/aromatic N) is 3. The number of halogens is 1. The van der Waals surface area contributed by atoms with Crippen molar-refractivity contribution in [3.05, 3.63) is 40.4 Å². The zero-order valence-corrected chi connectivity index (χ0v) is 10.5. The van der Waals surface area contributed by atoms with E-state index < -0.39 is 0 Å².